The smallest absolute Gasteiger partial charge is 0.248 e. The topological polar surface area (TPSA) is 82.2 Å². The molecule has 1 saturated heterocycles. The Balaban J connectivity index is 1.64. The fourth-order valence-electron chi connectivity index (χ4n) is 3.05. The highest BCUT2D eigenvalue weighted by Crippen LogP contribution is 2.28. The van der Waals surface area contributed by atoms with Gasteiger partial charge in [-0.2, -0.15) is 5.10 Å². The number of aryl methyl sites for hydroxylation is 1. The first-order valence-electron chi connectivity index (χ1n) is 8.43. The maximum atomic E-state index is 11.1. The summed E-state index contributed by atoms with van der Waals surface area (Å²) in [7, 11) is 0. The van der Waals surface area contributed by atoms with E-state index in [4.69, 9.17) is 10.5 Å². The molecule has 1 aliphatic rings. The van der Waals surface area contributed by atoms with Gasteiger partial charge in [-0.25, -0.2) is 0 Å². The highest BCUT2D eigenvalue weighted by atomic mass is 16.5. The Morgan fingerprint density at radius 1 is 1.42 bits per heavy atom. The monoisotopic (exact) mass is 328 g/mol. The predicted octanol–water partition coefficient (Wildman–Crippen LogP) is 2.01. The molecule has 0 bridgehead atoms. The third-order valence-electron chi connectivity index (χ3n) is 4.43. The second-order valence-corrected chi connectivity index (χ2v) is 6.11. The van der Waals surface area contributed by atoms with Crippen LogP contribution in [0.4, 0.5) is 0 Å². The standard InChI is InChI=1S/C18H24N4O2/c1-2-22-12-15(11-21-22)17-16(4-3-9-24-17)20-10-13-5-7-14(8-6-13)18(19)23/h5-8,11-12,16-17,20H,2-4,9-10H2,1H3,(H2,19,23)/t16-,17+/m0/s1. The molecule has 3 rings (SSSR count). The molecule has 0 radical (unpaired) electrons. The highest BCUT2D eigenvalue weighted by molar-refractivity contribution is 5.92. The lowest BCUT2D eigenvalue weighted by Gasteiger charge is -2.32. The van der Waals surface area contributed by atoms with Crippen molar-refractivity contribution >= 4 is 5.91 Å². The first kappa shape index (κ1) is 16.7. The van der Waals surface area contributed by atoms with E-state index in [9.17, 15) is 4.79 Å². The number of nitrogens with one attached hydrogen (secondary N) is 1. The predicted molar refractivity (Wildman–Crippen MR) is 91.4 cm³/mol. The second-order valence-electron chi connectivity index (χ2n) is 6.11. The van der Waals surface area contributed by atoms with E-state index >= 15 is 0 Å². The minimum Gasteiger partial charge on any atom is -0.372 e. The summed E-state index contributed by atoms with van der Waals surface area (Å²) in [5, 5.41) is 7.94. The van der Waals surface area contributed by atoms with E-state index in [1.54, 1.807) is 12.1 Å². The number of carbonyl (C=O) groups is 1. The third-order valence-corrected chi connectivity index (χ3v) is 4.43. The van der Waals surface area contributed by atoms with Crippen molar-refractivity contribution in [3.05, 3.63) is 53.3 Å². The Labute approximate surface area is 142 Å². The van der Waals surface area contributed by atoms with E-state index < -0.39 is 5.91 Å². The van der Waals surface area contributed by atoms with Crippen LogP contribution >= 0.6 is 0 Å². The van der Waals surface area contributed by atoms with Crippen LogP contribution in [0.5, 0.6) is 0 Å². The number of ether oxygens (including phenoxy) is 1. The van der Waals surface area contributed by atoms with Gasteiger partial charge in [0.25, 0.3) is 0 Å². The Hall–Kier alpha value is -2.18. The van der Waals surface area contributed by atoms with E-state index in [-0.39, 0.29) is 12.1 Å². The number of benzene rings is 1. The molecule has 0 spiro atoms. The number of nitrogens with zero attached hydrogens (tertiary/aromatic N) is 2. The van der Waals surface area contributed by atoms with Gasteiger partial charge in [0.2, 0.25) is 5.91 Å². The van der Waals surface area contributed by atoms with Crippen LogP contribution < -0.4 is 11.1 Å². The van der Waals surface area contributed by atoms with Crippen molar-refractivity contribution in [3.63, 3.8) is 0 Å². The molecule has 2 heterocycles. The van der Waals surface area contributed by atoms with Crippen molar-refractivity contribution in [3.8, 4) is 0 Å². The van der Waals surface area contributed by atoms with Crippen molar-refractivity contribution in [1.29, 1.82) is 0 Å². The lowest BCUT2D eigenvalue weighted by molar-refractivity contribution is -0.0112. The Morgan fingerprint density at radius 3 is 2.88 bits per heavy atom. The molecule has 2 atom stereocenters. The van der Waals surface area contributed by atoms with Crippen LogP contribution in [-0.4, -0.2) is 28.3 Å². The van der Waals surface area contributed by atoms with Crippen LogP contribution in [0.15, 0.2) is 36.7 Å². The molecule has 1 aliphatic heterocycles. The second kappa shape index (κ2) is 7.59. The van der Waals surface area contributed by atoms with Crippen LogP contribution in [-0.2, 0) is 17.8 Å². The van der Waals surface area contributed by atoms with Gasteiger partial charge in [-0.05, 0) is 37.5 Å². The molecule has 0 unspecified atom stereocenters. The molecule has 2 aromatic rings. The fourth-order valence-corrected chi connectivity index (χ4v) is 3.05. The van der Waals surface area contributed by atoms with Crippen molar-refractivity contribution in [2.75, 3.05) is 6.61 Å². The summed E-state index contributed by atoms with van der Waals surface area (Å²) < 4.78 is 7.92. The van der Waals surface area contributed by atoms with Crippen molar-refractivity contribution < 1.29 is 9.53 Å². The van der Waals surface area contributed by atoms with Crippen LogP contribution in [0.25, 0.3) is 0 Å². The summed E-state index contributed by atoms with van der Waals surface area (Å²) in [4.78, 5) is 11.1. The summed E-state index contributed by atoms with van der Waals surface area (Å²) in [5.74, 6) is -0.400. The number of hydrogen-bond donors (Lipinski definition) is 2. The van der Waals surface area contributed by atoms with E-state index in [0.29, 0.717) is 5.56 Å². The molecule has 6 heteroatoms. The Bertz CT molecular complexity index is 681. The van der Waals surface area contributed by atoms with Gasteiger partial charge < -0.3 is 15.8 Å². The minimum atomic E-state index is -0.400. The van der Waals surface area contributed by atoms with Crippen LogP contribution in [0.3, 0.4) is 0 Å². The normalized spacial score (nSPS) is 20.9. The van der Waals surface area contributed by atoms with Gasteiger partial charge in [0, 0.05) is 43.1 Å². The van der Waals surface area contributed by atoms with Gasteiger partial charge >= 0.3 is 0 Å². The maximum Gasteiger partial charge on any atom is 0.248 e. The lowest BCUT2D eigenvalue weighted by atomic mass is 9.98. The first-order chi connectivity index (χ1) is 11.7. The Morgan fingerprint density at radius 2 is 2.21 bits per heavy atom. The molecule has 1 aromatic heterocycles. The maximum absolute atomic E-state index is 11.1. The largest absolute Gasteiger partial charge is 0.372 e. The van der Waals surface area contributed by atoms with Gasteiger partial charge in [0.05, 0.1) is 6.20 Å². The fraction of sp³-hybridized carbons (Fsp3) is 0.444. The summed E-state index contributed by atoms with van der Waals surface area (Å²) in [6.07, 6.45) is 6.11. The summed E-state index contributed by atoms with van der Waals surface area (Å²) >= 11 is 0. The zero-order valence-electron chi connectivity index (χ0n) is 13.9. The zero-order chi connectivity index (χ0) is 16.9. The summed E-state index contributed by atoms with van der Waals surface area (Å²) in [6.45, 7) is 4.44. The number of nitrogens with two attached hydrogens (primary N) is 1. The van der Waals surface area contributed by atoms with Gasteiger partial charge in [-0.15, -0.1) is 0 Å². The number of hydrogen-bond acceptors (Lipinski definition) is 4. The Kier molecular flexibility index (Phi) is 5.27. The molecule has 0 saturated carbocycles. The lowest BCUT2D eigenvalue weighted by Crippen LogP contribution is -2.39. The third kappa shape index (κ3) is 3.83. The molecule has 1 aromatic carbocycles. The molecule has 1 fully saturated rings. The summed E-state index contributed by atoms with van der Waals surface area (Å²) in [5.41, 5.74) is 8.05. The molecular weight excluding hydrogens is 304 g/mol. The quantitative estimate of drug-likeness (QED) is 0.850. The van der Waals surface area contributed by atoms with Gasteiger partial charge in [-0.3, -0.25) is 9.48 Å². The molecule has 6 nitrogen and oxygen atoms in total. The van der Waals surface area contributed by atoms with E-state index in [1.165, 1.54) is 0 Å². The minimum absolute atomic E-state index is 0.0314. The number of aromatic nitrogens is 2. The molecule has 24 heavy (non-hydrogen) atoms. The average Bonchev–Trinajstić information content (AvgIpc) is 3.09. The molecule has 3 N–H and O–H groups in total. The molecule has 128 valence electrons. The first-order valence-corrected chi connectivity index (χ1v) is 8.43. The number of carbonyl (C=O) groups excluding carboxylic acids is 1. The summed E-state index contributed by atoms with van der Waals surface area (Å²) in [6, 6.07) is 7.64. The van der Waals surface area contributed by atoms with Crippen LogP contribution in [0, 0.1) is 0 Å². The molecule has 1 amide bonds. The van der Waals surface area contributed by atoms with Crippen LogP contribution in [0.1, 0.15) is 47.4 Å². The van der Waals surface area contributed by atoms with Crippen LogP contribution in [0.2, 0.25) is 0 Å². The highest BCUT2D eigenvalue weighted by Gasteiger charge is 2.28. The number of rotatable bonds is 6. The zero-order valence-corrected chi connectivity index (χ0v) is 13.9. The number of primary amides is 1. The van der Waals surface area contributed by atoms with Crippen molar-refractivity contribution in [1.82, 2.24) is 15.1 Å². The van der Waals surface area contributed by atoms with Gasteiger partial charge in [0.15, 0.2) is 0 Å². The van der Waals surface area contributed by atoms with E-state index in [2.05, 4.69) is 23.5 Å². The number of amides is 1. The average molecular weight is 328 g/mol. The molecule has 0 aliphatic carbocycles. The van der Waals surface area contributed by atoms with E-state index in [0.717, 1.165) is 43.7 Å². The van der Waals surface area contributed by atoms with Gasteiger partial charge in [0.1, 0.15) is 6.10 Å². The van der Waals surface area contributed by atoms with Gasteiger partial charge in [-0.1, -0.05) is 12.1 Å². The molecular formula is C18H24N4O2. The van der Waals surface area contributed by atoms with E-state index in [1.807, 2.05) is 23.0 Å². The SMILES string of the molecule is CCn1cc([C@H]2OCCC[C@@H]2NCc2ccc(C(N)=O)cc2)cn1. The van der Waals surface area contributed by atoms with Crippen molar-refractivity contribution in [2.24, 2.45) is 5.73 Å². The van der Waals surface area contributed by atoms with Crippen molar-refractivity contribution in [2.45, 2.75) is 45.0 Å².